The molecule has 260 valence electrons. The SMILES string of the molecule is CC(C)[C@H](NS(=O)(=O)Cc1ccccc1)P(=O)(O)OC(C(=O)O)c1cccc(N(C(=N)NC(=O)OC(C)(C)C)C(=O)OC(C)(C)C)c1. The van der Waals surface area contributed by atoms with Crippen LogP contribution in [0.5, 0.6) is 0 Å². The number of hydrogen-bond donors (Lipinski definition) is 5. The summed E-state index contributed by atoms with van der Waals surface area (Å²) in [5.74, 6) is -5.58. The summed E-state index contributed by atoms with van der Waals surface area (Å²) in [6.07, 6.45) is -4.32. The van der Waals surface area contributed by atoms with Gasteiger partial charge in [-0.1, -0.05) is 56.3 Å². The van der Waals surface area contributed by atoms with Crippen LogP contribution >= 0.6 is 7.60 Å². The zero-order valence-corrected chi connectivity index (χ0v) is 29.2. The molecule has 0 fully saturated rings. The van der Waals surface area contributed by atoms with Crippen molar-refractivity contribution in [2.45, 2.75) is 84.2 Å². The van der Waals surface area contributed by atoms with Crippen LogP contribution < -0.4 is 14.9 Å². The molecular weight excluding hydrogens is 655 g/mol. The van der Waals surface area contributed by atoms with Gasteiger partial charge in [-0.05, 0) is 70.7 Å². The van der Waals surface area contributed by atoms with Gasteiger partial charge >= 0.3 is 25.8 Å². The van der Waals surface area contributed by atoms with E-state index in [-0.39, 0.29) is 11.3 Å². The number of ether oxygens (including phenoxy) is 2. The minimum Gasteiger partial charge on any atom is -0.479 e. The van der Waals surface area contributed by atoms with E-state index in [0.717, 1.165) is 6.07 Å². The van der Waals surface area contributed by atoms with Crippen molar-refractivity contribution in [3.8, 4) is 0 Å². The second-order valence-electron chi connectivity index (χ2n) is 12.8. The lowest BCUT2D eigenvalue weighted by atomic mass is 10.1. The maximum absolute atomic E-state index is 13.6. The molecule has 17 heteroatoms. The lowest BCUT2D eigenvalue weighted by Crippen LogP contribution is -2.49. The average Bonchev–Trinajstić information content (AvgIpc) is 2.88. The first kappa shape index (κ1) is 39.4. The molecular formula is C30H43N4O11PS. The number of guanidine groups is 1. The number of carboxylic acid groups (broad SMARTS) is 1. The largest absolute Gasteiger partial charge is 0.479 e. The van der Waals surface area contributed by atoms with E-state index in [4.69, 9.17) is 19.4 Å². The molecule has 5 N–H and O–H groups in total. The van der Waals surface area contributed by atoms with E-state index in [2.05, 4.69) is 10.0 Å². The van der Waals surface area contributed by atoms with Crippen molar-refractivity contribution in [3.05, 3.63) is 65.7 Å². The van der Waals surface area contributed by atoms with Crippen LogP contribution in [0.1, 0.15) is 72.6 Å². The highest BCUT2D eigenvalue weighted by atomic mass is 32.2. The quantitative estimate of drug-likeness (QED) is 0.115. The van der Waals surface area contributed by atoms with E-state index >= 15 is 0 Å². The summed E-state index contributed by atoms with van der Waals surface area (Å²) in [4.78, 5) is 49.6. The number of carbonyl (C=O) groups excluding carboxylic acids is 2. The summed E-state index contributed by atoms with van der Waals surface area (Å²) in [7, 11) is -9.26. The molecule has 2 rings (SSSR count). The first-order valence-electron chi connectivity index (χ1n) is 14.4. The van der Waals surface area contributed by atoms with E-state index in [1.165, 1.54) is 32.0 Å². The summed E-state index contributed by atoms with van der Waals surface area (Å²) >= 11 is 0. The zero-order valence-electron chi connectivity index (χ0n) is 27.5. The van der Waals surface area contributed by atoms with Crippen molar-refractivity contribution in [2.24, 2.45) is 5.92 Å². The van der Waals surface area contributed by atoms with Gasteiger partial charge in [0.25, 0.3) is 0 Å². The number of rotatable bonds is 11. The predicted molar refractivity (Wildman–Crippen MR) is 174 cm³/mol. The van der Waals surface area contributed by atoms with Crippen molar-refractivity contribution < 1.29 is 51.4 Å². The molecule has 2 unspecified atom stereocenters. The van der Waals surface area contributed by atoms with Gasteiger partial charge in [-0.15, -0.1) is 0 Å². The highest BCUT2D eigenvalue weighted by molar-refractivity contribution is 7.89. The van der Waals surface area contributed by atoms with Gasteiger partial charge in [0, 0.05) is 0 Å². The van der Waals surface area contributed by atoms with Crippen LogP contribution in [0.3, 0.4) is 0 Å². The van der Waals surface area contributed by atoms with Crippen LogP contribution in [0.4, 0.5) is 15.3 Å². The van der Waals surface area contributed by atoms with Crippen LogP contribution in [0.25, 0.3) is 0 Å². The van der Waals surface area contributed by atoms with E-state index in [9.17, 15) is 37.4 Å². The van der Waals surface area contributed by atoms with Gasteiger partial charge in [0.15, 0.2) is 6.10 Å². The van der Waals surface area contributed by atoms with Crippen molar-refractivity contribution in [2.75, 3.05) is 4.90 Å². The average molecular weight is 699 g/mol. The smallest absolute Gasteiger partial charge is 0.421 e. The Kier molecular flexibility index (Phi) is 12.9. The molecule has 0 aliphatic rings. The Morgan fingerprint density at radius 1 is 0.957 bits per heavy atom. The molecule has 0 aromatic heterocycles. The van der Waals surface area contributed by atoms with E-state index in [1.54, 1.807) is 71.9 Å². The number of nitrogens with zero attached hydrogens (tertiary/aromatic N) is 1. The summed E-state index contributed by atoms with van der Waals surface area (Å²) in [5, 5.41) is 20.6. The molecule has 2 aromatic carbocycles. The van der Waals surface area contributed by atoms with Crippen molar-refractivity contribution in [1.29, 1.82) is 5.41 Å². The van der Waals surface area contributed by atoms with E-state index in [0.29, 0.717) is 10.5 Å². The number of amides is 2. The molecule has 47 heavy (non-hydrogen) atoms. The Bertz CT molecular complexity index is 1600. The van der Waals surface area contributed by atoms with Gasteiger partial charge in [-0.3, -0.25) is 19.8 Å². The number of sulfonamides is 1. The number of alkyl carbamates (subject to hydrolysis) is 1. The summed E-state index contributed by atoms with van der Waals surface area (Å²) in [5.41, 5.74) is -2.00. The molecule has 0 bridgehead atoms. The molecule has 0 spiro atoms. The highest BCUT2D eigenvalue weighted by Crippen LogP contribution is 2.53. The van der Waals surface area contributed by atoms with Crippen LogP contribution in [-0.2, 0) is 39.1 Å². The number of benzene rings is 2. The predicted octanol–water partition coefficient (Wildman–Crippen LogP) is 5.32. The fraction of sp³-hybridized carbons (Fsp3) is 0.467. The second kappa shape index (κ2) is 15.4. The molecule has 0 saturated carbocycles. The molecule has 3 atom stereocenters. The standard InChI is InChI=1S/C30H43N4O11PS/c1-19(2)24(33-47(41,42)18-20-13-10-9-11-14-20)46(39,40)45-23(25(35)36)21-15-12-16-22(17-21)34(28(38)44-30(6,7)8)26(31)32-27(37)43-29(3,4)5/h9-17,19,23-24,33H,18H2,1-8H3,(H,35,36)(H,39,40)(H2,31,32,37)/t23?,24-/m1/s1. The molecule has 0 saturated heterocycles. The number of anilines is 1. The highest BCUT2D eigenvalue weighted by Gasteiger charge is 2.42. The lowest BCUT2D eigenvalue weighted by Gasteiger charge is -2.30. The normalized spacial score (nSPS) is 14.8. The Morgan fingerprint density at radius 3 is 2.04 bits per heavy atom. The van der Waals surface area contributed by atoms with Gasteiger partial charge < -0.3 is 19.5 Å². The minimum absolute atomic E-state index is 0.176. The van der Waals surface area contributed by atoms with Crippen LogP contribution in [-0.4, -0.2) is 59.5 Å². The third kappa shape index (κ3) is 12.7. The third-order valence-corrected chi connectivity index (χ3v) is 9.26. The molecule has 0 aliphatic heterocycles. The first-order valence-corrected chi connectivity index (χ1v) is 17.7. The maximum atomic E-state index is 13.6. The third-order valence-electron chi connectivity index (χ3n) is 5.81. The number of hydrogen-bond acceptors (Lipinski definition) is 10. The van der Waals surface area contributed by atoms with Gasteiger partial charge in [0.05, 0.1) is 11.4 Å². The number of aliphatic carboxylic acids is 1. The Balaban J connectivity index is 2.47. The van der Waals surface area contributed by atoms with Crippen LogP contribution in [0.15, 0.2) is 54.6 Å². The fourth-order valence-electron chi connectivity index (χ4n) is 3.98. The van der Waals surface area contributed by atoms with Crippen molar-refractivity contribution in [1.82, 2.24) is 10.0 Å². The summed E-state index contributed by atoms with van der Waals surface area (Å²) < 4.78 is 57.4. The fourth-order valence-corrected chi connectivity index (χ4v) is 7.75. The van der Waals surface area contributed by atoms with Gasteiger partial charge in [0.2, 0.25) is 16.0 Å². The Hall–Kier alpha value is -3.82. The minimum atomic E-state index is -5.07. The number of carbonyl (C=O) groups is 3. The first-order chi connectivity index (χ1) is 21.4. The number of carboxylic acids is 1. The zero-order chi connectivity index (χ0) is 36.0. The Morgan fingerprint density at radius 2 is 1.53 bits per heavy atom. The van der Waals surface area contributed by atoms with Crippen molar-refractivity contribution in [3.63, 3.8) is 0 Å². The van der Waals surface area contributed by atoms with Gasteiger partial charge in [0.1, 0.15) is 17.0 Å². The van der Waals surface area contributed by atoms with Gasteiger partial charge in [-0.25, -0.2) is 27.7 Å². The maximum Gasteiger partial charge on any atom is 0.421 e. The van der Waals surface area contributed by atoms with Crippen LogP contribution in [0, 0.1) is 11.3 Å². The van der Waals surface area contributed by atoms with Gasteiger partial charge in [-0.2, -0.15) is 4.72 Å². The van der Waals surface area contributed by atoms with Crippen molar-refractivity contribution >= 4 is 47.4 Å². The summed E-state index contributed by atoms with van der Waals surface area (Å²) in [6.45, 7) is 12.4. The molecule has 2 aromatic rings. The monoisotopic (exact) mass is 698 g/mol. The molecule has 0 radical (unpaired) electrons. The molecule has 0 aliphatic carbocycles. The Labute approximate surface area is 274 Å². The number of nitrogens with one attached hydrogen (secondary N) is 3. The molecule has 2 amide bonds. The second-order valence-corrected chi connectivity index (χ2v) is 16.5. The topological polar surface area (TPSA) is 222 Å². The summed E-state index contributed by atoms with van der Waals surface area (Å²) in [6, 6.07) is 13.0. The lowest BCUT2D eigenvalue weighted by molar-refractivity contribution is -0.145. The molecule has 15 nitrogen and oxygen atoms in total. The van der Waals surface area contributed by atoms with Crippen LogP contribution in [0.2, 0.25) is 0 Å². The van der Waals surface area contributed by atoms with E-state index in [1.807, 2.05) is 0 Å². The van der Waals surface area contributed by atoms with E-state index < -0.39 is 76.5 Å². The molecule has 0 heterocycles.